The van der Waals surface area contributed by atoms with E-state index >= 15 is 0 Å². The largest absolute Gasteiger partial charge is 0.273 e. The van der Waals surface area contributed by atoms with Crippen molar-refractivity contribution in [2.45, 2.75) is 6.92 Å². The van der Waals surface area contributed by atoms with Crippen LogP contribution in [-0.4, -0.2) is 3.96 Å². The van der Waals surface area contributed by atoms with Crippen LogP contribution in [0.2, 0.25) is 0 Å². The van der Waals surface area contributed by atoms with Crippen LogP contribution in [0, 0.1) is 12.7 Å². The molecule has 2 nitrogen and oxygen atoms in total. The third kappa shape index (κ3) is 1.66. The SMILES string of the molecule is Cc1cccc(-n2sc3c(F)cccc3c2=O)c1. The van der Waals surface area contributed by atoms with Crippen LogP contribution in [0.1, 0.15) is 5.56 Å². The Balaban J connectivity index is 2.34. The Bertz CT molecular complexity index is 788. The molecule has 0 aliphatic heterocycles. The van der Waals surface area contributed by atoms with Gasteiger partial charge in [-0.2, -0.15) is 0 Å². The van der Waals surface area contributed by atoms with Crippen molar-refractivity contribution < 1.29 is 4.39 Å². The molecule has 0 saturated heterocycles. The molecule has 3 aromatic rings. The topological polar surface area (TPSA) is 22.0 Å². The van der Waals surface area contributed by atoms with Gasteiger partial charge in [-0.3, -0.25) is 4.79 Å². The maximum absolute atomic E-state index is 13.6. The average molecular weight is 259 g/mol. The van der Waals surface area contributed by atoms with Crippen LogP contribution in [-0.2, 0) is 0 Å². The molecule has 18 heavy (non-hydrogen) atoms. The monoisotopic (exact) mass is 259 g/mol. The highest BCUT2D eigenvalue weighted by molar-refractivity contribution is 7.14. The highest BCUT2D eigenvalue weighted by atomic mass is 32.1. The first-order chi connectivity index (χ1) is 8.66. The molecule has 0 atom stereocenters. The molecule has 0 fully saturated rings. The first kappa shape index (κ1) is 11.2. The van der Waals surface area contributed by atoms with Crippen LogP contribution < -0.4 is 5.56 Å². The standard InChI is InChI=1S/C14H10FNOS/c1-9-4-2-5-10(8-9)16-14(17)11-6-3-7-12(15)13(11)18-16/h2-8H,1H3. The molecular weight excluding hydrogens is 249 g/mol. The zero-order valence-electron chi connectivity index (χ0n) is 9.68. The maximum Gasteiger partial charge on any atom is 0.273 e. The lowest BCUT2D eigenvalue weighted by Crippen LogP contribution is -2.10. The zero-order chi connectivity index (χ0) is 12.7. The first-order valence-electron chi connectivity index (χ1n) is 5.54. The summed E-state index contributed by atoms with van der Waals surface area (Å²) >= 11 is 1.14. The molecule has 0 N–H and O–H groups in total. The molecule has 3 rings (SSSR count). The van der Waals surface area contributed by atoms with Gasteiger partial charge in [-0.05, 0) is 48.3 Å². The third-order valence-electron chi connectivity index (χ3n) is 2.80. The molecule has 1 aromatic heterocycles. The Labute approximate surface area is 107 Å². The molecular formula is C14H10FNOS. The van der Waals surface area contributed by atoms with Crippen LogP contribution in [0.3, 0.4) is 0 Å². The van der Waals surface area contributed by atoms with Gasteiger partial charge in [0.05, 0.1) is 15.8 Å². The van der Waals surface area contributed by atoms with Crippen LogP contribution in [0.15, 0.2) is 47.3 Å². The van der Waals surface area contributed by atoms with E-state index in [1.54, 1.807) is 12.1 Å². The van der Waals surface area contributed by atoms with E-state index in [1.807, 2.05) is 31.2 Å². The number of nitrogens with zero attached hydrogens (tertiary/aromatic N) is 1. The summed E-state index contributed by atoms with van der Waals surface area (Å²) in [7, 11) is 0. The van der Waals surface area contributed by atoms with Crippen LogP contribution >= 0.6 is 11.5 Å². The highest BCUT2D eigenvalue weighted by Crippen LogP contribution is 2.23. The van der Waals surface area contributed by atoms with Crippen molar-refractivity contribution in [2.75, 3.05) is 0 Å². The Morgan fingerprint density at radius 2 is 1.94 bits per heavy atom. The fourth-order valence-electron chi connectivity index (χ4n) is 1.94. The second-order valence-corrected chi connectivity index (χ2v) is 5.10. The van der Waals surface area contributed by atoms with E-state index in [9.17, 15) is 9.18 Å². The Morgan fingerprint density at radius 1 is 1.17 bits per heavy atom. The predicted octanol–water partition coefficient (Wildman–Crippen LogP) is 3.50. The van der Waals surface area contributed by atoms with Crippen molar-refractivity contribution in [2.24, 2.45) is 0 Å². The Morgan fingerprint density at radius 3 is 2.67 bits per heavy atom. The summed E-state index contributed by atoms with van der Waals surface area (Å²) in [5.74, 6) is -0.346. The summed E-state index contributed by atoms with van der Waals surface area (Å²) in [5.41, 5.74) is 1.68. The molecule has 0 spiro atoms. The smallest absolute Gasteiger partial charge is 0.267 e. The van der Waals surface area contributed by atoms with E-state index in [-0.39, 0.29) is 11.4 Å². The number of aromatic nitrogens is 1. The van der Waals surface area contributed by atoms with Gasteiger partial charge in [0.2, 0.25) is 0 Å². The van der Waals surface area contributed by atoms with Gasteiger partial charge >= 0.3 is 0 Å². The molecule has 1 heterocycles. The molecule has 90 valence electrons. The van der Waals surface area contributed by atoms with Gasteiger partial charge in [-0.1, -0.05) is 18.2 Å². The average Bonchev–Trinajstić information content (AvgIpc) is 2.69. The minimum atomic E-state index is -0.346. The zero-order valence-corrected chi connectivity index (χ0v) is 10.5. The van der Waals surface area contributed by atoms with E-state index in [1.165, 1.54) is 10.0 Å². The van der Waals surface area contributed by atoms with Gasteiger partial charge in [-0.25, -0.2) is 8.35 Å². The van der Waals surface area contributed by atoms with Gasteiger partial charge in [0.15, 0.2) is 0 Å². The van der Waals surface area contributed by atoms with Gasteiger partial charge in [-0.15, -0.1) is 0 Å². The van der Waals surface area contributed by atoms with Gasteiger partial charge in [0.1, 0.15) is 5.82 Å². The second kappa shape index (κ2) is 4.07. The summed E-state index contributed by atoms with van der Waals surface area (Å²) < 4.78 is 15.6. The summed E-state index contributed by atoms with van der Waals surface area (Å²) in [5, 5.41) is 0.432. The van der Waals surface area contributed by atoms with Crippen molar-refractivity contribution in [1.82, 2.24) is 3.96 Å². The minimum absolute atomic E-state index is 0.167. The quantitative estimate of drug-likeness (QED) is 0.655. The summed E-state index contributed by atoms with van der Waals surface area (Å²) in [6.45, 7) is 1.96. The second-order valence-electron chi connectivity index (χ2n) is 4.15. The predicted molar refractivity (Wildman–Crippen MR) is 72.1 cm³/mol. The molecule has 0 saturated carbocycles. The molecule has 0 aliphatic carbocycles. The number of hydrogen-bond donors (Lipinski definition) is 0. The van der Waals surface area contributed by atoms with Crippen molar-refractivity contribution >= 4 is 21.6 Å². The van der Waals surface area contributed by atoms with E-state index in [4.69, 9.17) is 0 Å². The van der Waals surface area contributed by atoms with Crippen molar-refractivity contribution in [1.29, 1.82) is 0 Å². The van der Waals surface area contributed by atoms with Crippen molar-refractivity contribution in [3.8, 4) is 5.69 Å². The summed E-state index contributed by atoms with van der Waals surface area (Å²) in [6, 6.07) is 12.2. The highest BCUT2D eigenvalue weighted by Gasteiger charge is 2.11. The van der Waals surface area contributed by atoms with E-state index < -0.39 is 0 Å². The van der Waals surface area contributed by atoms with Gasteiger partial charge in [0.25, 0.3) is 5.56 Å². The van der Waals surface area contributed by atoms with E-state index in [2.05, 4.69) is 0 Å². The lowest BCUT2D eigenvalue weighted by molar-refractivity contribution is 0.641. The lowest BCUT2D eigenvalue weighted by atomic mass is 10.2. The number of fused-ring (bicyclic) bond motifs is 1. The Kier molecular flexibility index (Phi) is 2.52. The molecule has 4 heteroatoms. The van der Waals surface area contributed by atoms with E-state index in [0.717, 1.165) is 22.8 Å². The first-order valence-corrected chi connectivity index (χ1v) is 6.32. The minimum Gasteiger partial charge on any atom is -0.267 e. The van der Waals surface area contributed by atoms with E-state index in [0.29, 0.717) is 10.1 Å². The number of hydrogen-bond acceptors (Lipinski definition) is 2. The lowest BCUT2D eigenvalue weighted by Gasteiger charge is -2.00. The van der Waals surface area contributed by atoms with Gasteiger partial charge < -0.3 is 0 Å². The maximum atomic E-state index is 13.6. The number of benzene rings is 2. The fraction of sp³-hybridized carbons (Fsp3) is 0.0714. The molecule has 2 aromatic carbocycles. The fourth-order valence-corrected chi connectivity index (χ4v) is 2.93. The third-order valence-corrected chi connectivity index (χ3v) is 3.96. The number of aryl methyl sites for hydroxylation is 1. The molecule has 0 radical (unpaired) electrons. The van der Waals surface area contributed by atoms with Gasteiger partial charge in [0, 0.05) is 0 Å². The summed E-state index contributed by atoms with van der Waals surface area (Å²) in [6.07, 6.45) is 0. The molecule has 0 bridgehead atoms. The van der Waals surface area contributed by atoms with Crippen LogP contribution in [0.4, 0.5) is 4.39 Å². The Hall–Kier alpha value is -1.94. The van der Waals surface area contributed by atoms with Crippen molar-refractivity contribution in [3.63, 3.8) is 0 Å². The van der Waals surface area contributed by atoms with Crippen LogP contribution in [0.25, 0.3) is 15.8 Å². The molecule has 0 unspecified atom stereocenters. The molecule has 0 aliphatic rings. The molecule has 0 amide bonds. The number of rotatable bonds is 1. The normalized spacial score (nSPS) is 11.0. The number of halogens is 1. The van der Waals surface area contributed by atoms with Crippen molar-refractivity contribution in [3.05, 3.63) is 64.2 Å². The summed E-state index contributed by atoms with van der Waals surface area (Å²) in [4.78, 5) is 12.2. The van der Waals surface area contributed by atoms with Crippen LogP contribution in [0.5, 0.6) is 0 Å².